The molecule has 0 atom stereocenters. The monoisotopic (exact) mass is 339 g/mol. The van der Waals surface area contributed by atoms with Gasteiger partial charge in [-0.25, -0.2) is 0 Å². The Labute approximate surface area is 150 Å². The molecule has 0 saturated carbocycles. The second-order valence-electron chi connectivity index (χ2n) is 6.53. The van der Waals surface area contributed by atoms with E-state index in [1.54, 1.807) is 0 Å². The number of halogens is 1. The third-order valence-electron chi connectivity index (χ3n) is 4.78. The number of piperidine rings is 1. The van der Waals surface area contributed by atoms with Crippen molar-refractivity contribution in [1.82, 2.24) is 5.32 Å². The third kappa shape index (κ3) is 4.02. The van der Waals surface area contributed by atoms with Gasteiger partial charge in [0, 0.05) is 18.1 Å². The molecule has 2 heteroatoms. The molecular weight excluding hydrogens is 314 g/mol. The van der Waals surface area contributed by atoms with Gasteiger partial charge in [0.1, 0.15) is 0 Å². The SMILES string of the molecule is Cc1cc(C(CCCCl)=C2CCCCN2)ccc1-c1ccccc1. The molecule has 1 nitrogen and oxygen atoms in total. The van der Waals surface area contributed by atoms with Crippen LogP contribution in [0.5, 0.6) is 0 Å². The van der Waals surface area contributed by atoms with E-state index in [-0.39, 0.29) is 0 Å². The van der Waals surface area contributed by atoms with Crippen molar-refractivity contribution in [3.05, 3.63) is 65.4 Å². The molecule has 2 aromatic carbocycles. The van der Waals surface area contributed by atoms with Crippen LogP contribution in [0, 0.1) is 6.92 Å². The lowest BCUT2D eigenvalue weighted by atomic mass is 9.91. The van der Waals surface area contributed by atoms with Gasteiger partial charge in [0.05, 0.1) is 0 Å². The molecule has 2 aromatic rings. The number of rotatable bonds is 5. The Kier molecular flexibility index (Phi) is 5.98. The van der Waals surface area contributed by atoms with Crippen molar-refractivity contribution in [2.45, 2.75) is 39.0 Å². The average molecular weight is 340 g/mol. The van der Waals surface area contributed by atoms with Gasteiger partial charge in [0.2, 0.25) is 0 Å². The van der Waals surface area contributed by atoms with Gasteiger partial charge in [0.25, 0.3) is 0 Å². The molecule has 0 amide bonds. The molecule has 0 unspecified atom stereocenters. The Morgan fingerprint density at radius 3 is 2.58 bits per heavy atom. The molecule has 0 spiro atoms. The molecular formula is C22H26ClN. The summed E-state index contributed by atoms with van der Waals surface area (Å²) in [7, 11) is 0. The highest BCUT2D eigenvalue weighted by molar-refractivity contribution is 6.17. The molecule has 1 aliphatic heterocycles. The van der Waals surface area contributed by atoms with Gasteiger partial charge in [0.15, 0.2) is 0 Å². The molecule has 0 aliphatic carbocycles. The van der Waals surface area contributed by atoms with Crippen LogP contribution in [0.2, 0.25) is 0 Å². The summed E-state index contributed by atoms with van der Waals surface area (Å²) in [6.45, 7) is 3.31. The van der Waals surface area contributed by atoms with Gasteiger partial charge in [-0.1, -0.05) is 48.5 Å². The van der Waals surface area contributed by atoms with E-state index in [2.05, 4.69) is 60.8 Å². The maximum absolute atomic E-state index is 5.97. The lowest BCUT2D eigenvalue weighted by Crippen LogP contribution is -2.21. The first-order valence-electron chi connectivity index (χ1n) is 8.98. The molecule has 24 heavy (non-hydrogen) atoms. The highest BCUT2D eigenvalue weighted by Crippen LogP contribution is 2.31. The number of benzene rings is 2. The first kappa shape index (κ1) is 17.1. The van der Waals surface area contributed by atoms with Crippen LogP contribution in [-0.2, 0) is 0 Å². The molecule has 1 N–H and O–H groups in total. The quantitative estimate of drug-likeness (QED) is 0.643. The van der Waals surface area contributed by atoms with E-state index >= 15 is 0 Å². The van der Waals surface area contributed by atoms with Gasteiger partial charge in [-0.2, -0.15) is 0 Å². The molecule has 126 valence electrons. The standard InChI is InChI=1S/C22H26ClN/c1-17-16-19(12-13-20(17)18-8-3-2-4-9-18)21(10-7-14-23)22-11-5-6-15-24-22/h2-4,8-9,12-13,16,24H,5-7,10-11,14-15H2,1H3. The number of nitrogens with one attached hydrogen (secondary N) is 1. The van der Waals surface area contributed by atoms with Crippen LogP contribution in [0.3, 0.4) is 0 Å². The zero-order valence-electron chi connectivity index (χ0n) is 14.4. The molecule has 1 heterocycles. The Hall–Kier alpha value is -1.73. The summed E-state index contributed by atoms with van der Waals surface area (Å²) < 4.78 is 0. The Morgan fingerprint density at radius 2 is 1.92 bits per heavy atom. The van der Waals surface area contributed by atoms with Gasteiger partial charge in [-0.05, 0) is 66.9 Å². The fourth-order valence-corrected chi connectivity index (χ4v) is 3.65. The Balaban J connectivity index is 1.95. The van der Waals surface area contributed by atoms with Gasteiger partial charge in [-0.15, -0.1) is 11.6 Å². The van der Waals surface area contributed by atoms with Crippen LogP contribution in [0.25, 0.3) is 16.7 Å². The van der Waals surface area contributed by atoms with Crippen LogP contribution >= 0.6 is 11.6 Å². The van der Waals surface area contributed by atoms with E-state index in [4.69, 9.17) is 11.6 Å². The predicted octanol–water partition coefficient (Wildman–Crippen LogP) is 6.17. The van der Waals surface area contributed by atoms with Gasteiger partial charge >= 0.3 is 0 Å². The highest BCUT2D eigenvalue weighted by atomic mass is 35.5. The smallest absolute Gasteiger partial charge is 0.0226 e. The summed E-state index contributed by atoms with van der Waals surface area (Å²) >= 11 is 5.97. The van der Waals surface area contributed by atoms with Crippen molar-refractivity contribution in [2.24, 2.45) is 0 Å². The lowest BCUT2D eigenvalue weighted by Gasteiger charge is -2.22. The first-order valence-corrected chi connectivity index (χ1v) is 9.51. The Morgan fingerprint density at radius 1 is 1.08 bits per heavy atom. The minimum Gasteiger partial charge on any atom is -0.388 e. The summed E-state index contributed by atoms with van der Waals surface area (Å²) in [6, 6.07) is 17.5. The van der Waals surface area contributed by atoms with Crippen LogP contribution in [0.1, 0.15) is 43.2 Å². The zero-order chi connectivity index (χ0) is 16.8. The van der Waals surface area contributed by atoms with E-state index in [0.717, 1.165) is 31.7 Å². The predicted molar refractivity (Wildman–Crippen MR) is 105 cm³/mol. The molecule has 0 bridgehead atoms. The summed E-state index contributed by atoms with van der Waals surface area (Å²) in [5.41, 5.74) is 8.17. The maximum Gasteiger partial charge on any atom is 0.0226 e. The van der Waals surface area contributed by atoms with Crippen molar-refractivity contribution in [1.29, 1.82) is 0 Å². The first-order chi connectivity index (χ1) is 11.8. The van der Waals surface area contributed by atoms with Crippen molar-refractivity contribution >= 4 is 17.2 Å². The van der Waals surface area contributed by atoms with Crippen LogP contribution in [-0.4, -0.2) is 12.4 Å². The average Bonchev–Trinajstić information content (AvgIpc) is 2.64. The molecule has 1 aliphatic rings. The number of hydrogen-bond donors (Lipinski definition) is 1. The Bertz CT molecular complexity index is 695. The molecule has 3 rings (SSSR count). The fraction of sp³-hybridized carbons (Fsp3) is 0.364. The molecule has 1 saturated heterocycles. The van der Waals surface area contributed by atoms with Crippen LogP contribution < -0.4 is 5.32 Å². The second kappa shape index (κ2) is 8.39. The fourth-order valence-electron chi connectivity index (χ4n) is 3.52. The number of aryl methyl sites for hydroxylation is 1. The second-order valence-corrected chi connectivity index (χ2v) is 6.91. The van der Waals surface area contributed by atoms with E-state index in [1.165, 1.54) is 46.4 Å². The van der Waals surface area contributed by atoms with Gasteiger partial charge < -0.3 is 5.32 Å². The molecule has 1 fully saturated rings. The number of alkyl halides is 1. The van der Waals surface area contributed by atoms with Crippen molar-refractivity contribution in [2.75, 3.05) is 12.4 Å². The van der Waals surface area contributed by atoms with Crippen LogP contribution in [0.4, 0.5) is 0 Å². The minimum atomic E-state index is 0.720. The van der Waals surface area contributed by atoms with E-state index < -0.39 is 0 Å². The van der Waals surface area contributed by atoms with E-state index in [1.807, 2.05) is 0 Å². The van der Waals surface area contributed by atoms with E-state index in [9.17, 15) is 0 Å². The topological polar surface area (TPSA) is 12.0 Å². The number of allylic oxidation sites excluding steroid dienone is 2. The summed E-state index contributed by atoms with van der Waals surface area (Å²) in [5.74, 6) is 0.720. The third-order valence-corrected chi connectivity index (χ3v) is 5.04. The van der Waals surface area contributed by atoms with Crippen molar-refractivity contribution in [3.8, 4) is 11.1 Å². The highest BCUT2D eigenvalue weighted by Gasteiger charge is 2.13. The summed E-state index contributed by atoms with van der Waals surface area (Å²) in [5, 5.41) is 3.63. The van der Waals surface area contributed by atoms with Crippen molar-refractivity contribution in [3.63, 3.8) is 0 Å². The van der Waals surface area contributed by atoms with Crippen LogP contribution in [0.15, 0.2) is 54.2 Å². The summed E-state index contributed by atoms with van der Waals surface area (Å²) in [4.78, 5) is 0. The van der Waals surface area contributed by atoms with Gasteiger partial charge in [-0.3, -0.25) is 0 Å². The number of hydrogen-bond acceptors (Lipinski definition) is 1. The normalized spacial score (nSPS) is 16.6. The lowest BCUT2D eigenvalue weighted by molar-refractivity contribution is 0.587. The minimum absolute atomic E-state index is 0.720. The van der Waals surface area contributed by atoms with Crippen molar-refractivity contribution < 1.29 is 0 Å². The largest absolute Gasteiger partial charge is 0.388 e. The molecule has 0 aromatic heterocycles. The van der Waals surface area contributed by atoms with E-state index in [0.29, 0.717) is 0 Å². The zero-order valence-corrected chi connectivity index (χ0v) is 15.2. The summed E-state index contributed by atoms with van der Waals surface area (Å²) in [6.07, 6.45) is 5.81. The molecule has 0 radical (unpaired) electrons. The maximum atomic E-state index is 5.97.